The quantitative estimate of drug-likeness (QED) is 0.274. The highest BCUT2D eigenvalue weighted by Gasteiger charge is 2.26. The number of ether oxygens (including phenoxy) is 1. The van der Waals surface area contributed by atoms with Crippen LogP contribution < -0.4 is 0 Å². The molecule has 6 heteroatoms. The topological polar surface area (TPSA) is 59.5 Å². The smallest absolute Gasteiger partial charge is 0.343 e. The Bertz CT molecular complexity index is 552. The fraction of sp³-hybridized carbons (Fsp3) is 0.533. The first-order valence-electron chi connectivity index (χ1n) is 7.11. The van der Waals surface area contributed by atoms with E-state index in [1.54, 1.807) is 25.9 Å². The van der Waals surface area contributed by atoms with Crippen molar-refractivity contribution in [3.8, 4) is 0 Å². The van der Waals surface area contributed by atoms with Crippen LogP contribution in [-0.4, -0.2) is 42.3 Å². The molecule has 0 saturated carbocycles. The Hall–Kier alpha value is -1.69. The third-order valence-corrected chi connectivity index (χ3v) is 4.32. The van der Waals surface area contributed by atoms with E-state index in [1.807, 2.05) is 0 Å². The summed E-state index contributed by atoms with van der Waals surface area (Å²) < 4.78 is 4.97. The molecule has 2 rings (SSSR count). The molecule has 1 aromatic heterocycles. The van der Waals surface area contributed by atoms with Gasteiger partial charge < -0.3 is 9.64 Å². The van der Waals surface area contributed by atoms with Crippen molar-refractivity contribution < 1.29 is 14.3 Å². The van der Waals surface area contributed by atoms with Gasteiger partial charge in [0.05, 0.1) is 12.3 Å². The molecule has 1 aromatic rings. The molecule has 1 aliphatic rings. The van der Waals surface area contributed by atoms with Crippen molar-refractivity contribution in [2.75, 3.05) is 20.7 Å². The second kappa shape index (κ2) is 6.85. The van der Waals surface area contributed by atoms with Gasteiger partial charge in [-0.15, -0.1) is 11.3 Å². The van der Waals surface area contributed by atoms with Gasteiger partial charge in [-0.25, -0.2) is 9.78 Å². The molecule has 0 aromatic carbocycles. The van der Waals surface area contributed by atoms with E-state index in [0.29, 0.717) is 5.01 Å². The summed E-state index contributed by atoms with van der Waals surface area (Å²) in [5.74, 6) is -0.939. The third kappa shape index (κ3) is 3.69. The Morgan fingerprint density at radius 1 is 1.33 bits per heavy atom. The number of fused-ring (bicyclic) bond motifs is 1. The van der Waals surface area contributed by atoms with Crippen molar-refractivity contribution in [2.24, 2.45) is 0 Å². The number of aryl methyl sites for hydroxylation is 2. The molecule has 0 atom stereocenters. The molecule has 114 valence electrons. The summed E-state index contributed by atoms with van der Waals surface area (Å²) in [5.41, 5.74) is 1.05. The average Bonchev–Trinajstić information content (AvgIpc) is 2.88. The minimum atomic E-state index is -0.593. The summed E-state index contributed by atoms with van der Waals surface area (Å²) in [4.78, 5) is 31.8. The lowest BCUT2D eigenvalue weighted by Gasteiger charge is -2.09. The summed E-state index contributed by atoms with van der Waals surface area (Å²) in [7, 11) is 3.53. The van der Waals surface area contributed by atoms with Crippen LogP contribution in [-0.2, 0) is 22.4 Å². The molecule has 0 N–H and O–H groups in total. The number of rotatable bonds is 5. The maximum absolute atomic E-state index is 12.6. The number of Topliss-reactive ketones (excluding diaryl/α,β-unsaturated/α-hetero) is 1. The maximum atomic E-state index is 12.6. The second-order valence-electron chi connectivity index (χ2n) is 5.15. The van der Waals surface area contributed by atoms with Gasteiger partial charge in [-0.2, -0.15) is 0 Å². The fourth-order valence-electron chi connectivity index (χ4n) is 2.24. The van der Waals surface area contributed by atoms with Crippen LogP contribution in [0.5, 0.6) is 0 Å². The standard InChI is InChI=1S/C15H20N2O3S/c1-4-20-15(19)10(9-17(2)3)13(18)14-16-11-7-5-6-8-12(11)21-14/h9H,4-8H2,1-3H3. The van der Waals surface area contributed by atoms with Crippen LogP contribution in [0.2, 0.25) is 0 Å². The van der Waals surface area contributed by atoms with E-state index in [0.717, 1.165) is 31.4 Å². The zero-order chi connectivity index (χ0) is 15.4. The lowest BCUT2D eigenvalue weighted by molar-refractivity contribution is -0.138. The highest BCUT2D eigenvalue weighted by atomic mass is 32.1. The number of ketones is 1. The fourth-order valence-corrected chi connectivity index (χ4v) is 3.34. The number of carbonyl (C=O) groups is 2. The molecule has 0 bridgehead atoms. The van der Waals surface area contributed by atoms with Crippen molar-refractivity contribution in [1.82, 2.24) is 9.88 Å². The van der Waals surface area contributed by atoms with Gasteiger partial charge in [-0.3, -0.25) is 4.79 Å². The van der Waals surface area contributed by atoms with E-state index in [4.69, 9.17) is 4.74 Å². The molecule has 21 heavy (non-hydrogen) atoms. The minimum absolute atomic E-state index is 0.0351. The molecule has 0 amide bonds. The van der Waals surface area contributed by atoms with Crippen LogP contribution in [0.1, 0.15) is 40.1 Å². The predicted octanol–water partition coefficient (Wildman–Crippen LogP) is 2.21. The normalized spacial score (nSPS) is 14.5. The van der Waals surface area contributed by atoms with E-state index in [-0.39, 0.29) is 18.0 Å². The highest BCUT2D eigenvalue weighted by molar-refractivity contribution is 7.14. The van der Waals surface area contributed by atoms with Gasteiger partial charge in [0.2, 0.25) is 5.78 Å². The Morgan fingerprint density at radius 3 is 2.67 bits per heavy atom. The monoisotopic (exact) mass is 308 g/mol. The minimum Gasteiger partial charge on any atom is -0.462 e. The summed E-state index contributed by atoms with van der Waals surface area (Å²) >= 11 is 1.41. The predicted molar refractivity (Wildman–Crippen MR) is 81.5 cm³/mol. The molecule has 0 saturated heterocycles. The summed E-state index contributed by atoms with van der Waals surface area (Å²) in [5, 5.41) is 0.392. The van der Waals surface area contributed by atoms with Crippen LogP contribution >= 0.6 is 11.3 Å². The Balaban J connectivity index is 2.29. The zero-order valence-corrected chi connectivity index (χ0v) is 13.5. The number of hydrogen-bond donors (Lipinski definition) is 0. The number of esters is 1. The molecule has 1 heterocycles. The van der Waals surface area contributed by atoms with Crippen LogP contribution in [0.4, 0.5) is 0 Å². The van der Waals surface area contributed by atoms with E-state index >= 15 is 0 Å². The van der Waals surface area contributed by atoms with Gasteiger partial charge in [0.1, 0.15) is 5.57 Å². The maximum Gasteiger partial charge on any atom is 0.343 e. The molecule has 0 unspecified atom stereocenters. The summed E-state index contributed by atoms with van der Waals surface area (Å²) in [6, 6.07) is 0. The lowest BCUT2D eigenvalue weighted by atomic mass is 10.0. The average molecular weight is 308 g/mol. The van der Waals surface area contributed by atoms with Crippen LogP contribution in [0.15, 0.2) is 11.8 Å². The summed E-state index contributed by atoms with van der Waals surface area (Å²) in [6.45, 7) is 1.96. The number of nitrogens with zero attached hydrogens (tertiary/aromatic N) is 2. The molecular formula is C15H20N2O3S. The molecule has 0 spiro atoms. The Kier molecular flexibility index (Phi) is 5.12. The van der Waals surface area contributed by atoms with Crippen molar-refractivity contribution in [3.05, 3.63) is 27.4 Å². The molecule has 5 nitrogen and oxygen atoms in total. The zero-order valence-electron chi connectivity index (χ0n) is 12.6. The van der Waals surface area contributed by atoms with Crippen LogP contribution in [0.25, 0.3) is 0 Å². The molecule has 0 radical (unpaired) electrons. The SMILES string of the molecule is CCOC(=O)C(=CN(C)C)C(=O)c1nc2c(s1)CCCC2. The van der Waals surface area contributed by atoms with Crippen molar-refractivity contribution in [2.45, 2.75) is 32.6 Å². The number of hydrogen-bond acceptors (Lipinski definition) is 6. The largest absolute Gasteiger partial charge is 0.462 e. The van der Waals surface area contributed by atoms with Gasteiger partial charge in [0.25, 0.3) is 0 Å². The van der Waals surface area contributed by atoms with Crippen molar-refractivity contribution in [3.63, 3.8) is 0 Å². The number of aromatic nitrogens is 1. The van der Waals surface area contributed by atoms with Gasteiger partial charge >= 0.3 is 5.97 Å². The van der Waals surface area contributed by atoms with Gasteiger partial charge in [-0.1, -0.05) is 0 Å². The van der Waals surface area contributed by atoms with Gasteiger partial charge in [0.15, 0.2) is 5.01 Å². The van der Waals surface area contributed by atoms with E-state index in [2.05, 4.69) is 4.98 Å². The first kappa shape index (κ1) is 15.7. The number of thiazole rings is 1. The van der Waals surface area contributed by atoms with Crippen LogP contribution in [0.3, 0.4) is 0 Å². The third-order valence-electron chi connectivity index (χ3n) is 3.17. The van der Waals surface area contributed by atoms with Gasteiger partial charge in [-0.05, 0) is 32.6 Å². The molecule has 0 aliphatic heterocycles. The second-order valence-corrected chi connectivity index (χ2v) is 6.24. The Labute approximate surface area is 128 Å². The summed E-state index contributed by atoms with van der Waals surface area (Å²) in [6.07, 6.45) is 5.65. The first-order chi connectivity index (χ1) is 10.0. The first-order valence-corrected chi connectivity index (χ1v) is 7.93. The number of carbonyl (C=O) groups excluding carboxylic acids is 2. The van der Waals surface area contributed by atoms with E-state index < -0.39 is 5.97 Å². The van der Waals surface area contributed by atoms with E-state index in [1.165, 1.54) is 22.4 Å². The van der Waals surface area contributed by atoms with Crippen molar-refractivity contribution in [1.29, 1.82) is 0 Å². The molecular weight excluding hydrogens is 288 g/mol. The van der Waals surface area contributed by atoms with Gasteiger partial charge in [0, 0.05) is 25.2 Å². The highest BCUT2D eigenvalue weighted by Crippen LogP contribution is 2.28. The Morgan fingerprint density at radius 2 is 2.05 bits per heavy atom. The molecule has 0 fully saturated rings. The van der Waals surface area contributed by atoms with E-state index in [9.17, 15) is 9.59 Å². The lowest BCUT2D eigenvalue weighted by Crippen LogP contribution is -2.19. The molecule has 1 aliphatic carbocycles. The van der Waals surface area contributed by atoms with Crippen LogP contribution in [0, 0.1) is 0 Å². The van der Waals surface area contributed by atoms with Crippen molar-refractivity contribution >= 4 is 23.1 Å².